The summed E-state index contributed by atoms with van der Waals surface area (Å²) in [5, 5.41) is 0.641. The van der Waals surface area contributed by atoms with Gasteiger partial charge in [0.2, 0.25) is 0 Å². The van der Waals surface area contributed by atoms with Crippen LogP contribution in [0.25, 0.3) is 6.08 Å². The predicted octanol–water partition coefficient (Wildman–Crippen LogP) is 1.20. The molecule has 0 N–H and O–H groups in total. The van der Waals surface area contributed by atoms with Crippen LogP contribution >= 0.6 is 0 Å². The maximum absolute atomic E-state index is 10.2. The Kier molecular flexibility index (Phi) is 4.95. The summed E-state index contributed by atoms with van der Waals surface area (Å²) in [6, 6.07) is 8.75. The van der Waals surface area contributed by atoms with Gasteiger partial charge in [-0.2, -0.15) is 0 Å². The molecule has 5 heteroatoms. The standard InChI is InChI=1S/C8H8O3S.Cu/c9-12(10,11)7-6-8-4-2-1-3-5-8;/h1-7H,(H,9,10,11);/q;+1/p-1. The van der Waals surface area contributed by atoms with Crippen LogP contribution in [0.5, 0.6) is 0 Å². The van der Waals surface area contributed by atoms with Gasteiger partial charge in [-0.05, 0) is 11.6 Å². The van der Waals surface area contributed by atoms with Crippen molar-refractivity contribution in [2.45, 2.75) is 0 Å². The van der Waals surface area contributed by atoms with Gasteiger partial charge in [0.05, 0.1) is 0 Å². The van der Waals surface area contributed by atoms with E-state index < -0.39 is 10.1 Å². The predicted molar refractivity (Wildman–Crippen MR) is 45.2 cm³/mol. The maximum atomic E-state index is 10.2. The SMILES string of the molecule is O=S(=O)([O-])C=Cc1ccccc1.[Cu+]. The Morgan fingerprint density at radius 3 is 2.15 bits per heavy atom. The van der Waals surface area contributed by atoms with E-state index in [1.165, 1.54) is 6.08 Å². The Labute approximate surface area is 87.7 Å². The summed E-state index contributed by atoms with van der Waals surface area (Å²) < 4.78 is 30.5. The van der Waals surface area contributed by atoms with Crippen LogP contribution in [-0.2, 0) is 27.2 Å². The average molecular weight is 247 g/mol. The normalized spacial score (nSPS) is 11.2. The van der Waals surface area contributed by atoms with Crippen LogP contribution in [0.4, 0.5) is 0 Å². The Bertz CT molecular complexity index is 370. The van der Waals surface area contributed by atoms with Crippen molar-refractivity contribution in [3.8, 4) is 0 Å². The fourth-order valence-corrected chi connectivity index (χ4v) is 1.05. The van der Waals surface area contributed by atoms with Gasteiger partial charge in [0, 0.05) is 5.41 Å². The van der Waals surface area contributed by atoms with Crippen molar-refractivity contribution >= 4 is 16.2 Å². The molecule has 0 fully saturated rings. The van der Waals surface area contributed by atoms with Crippen LogP contribution in [0.2, 0.25) is 0 Å². The van der Waals surface area contributed by atoms with E-state index in [9.17, 15) is 13.0 Å². The number of hydrogen-bond donors (Lipinski definition) is 0. The molecule has 0 saturated carbocycles. The van der Waals surface area contributed by atoms with Gasteiger partial charge in [-0.3, -0.25) is 0 Å². The van der Waals surface area contributed by atoms with E-state index in [1.807, 2.05) is 6.07 Å². The molecule has 0 radical (unpaired) electrons. The molecule has 0 spiro atoms. The van der Waals surface area contributed by atoms with E-state index in [2.05, 4.69) is 0 Å². The molecule has 0 aromatic heterocycles. The molecule has 13 heavy (non-hydrogen) atoms. The summed E-state index contributed by atoms with van der Waals surface area (Å²) in [5.74, 6) is 0. The molecule has 0 unspecified atom stereocenters. The molecule has 0 aliphatic rings. The molecule has 0 atom stereocenters. The first-order valence-corrected chi connectivity index (χ1v) is 4.74. The fourth-order valence-electron chi connectivity index (χ4n) is 0.726. The molecule has 1 aromatic carbocycles. The van der Waals surface area contributed by atoms with E-state index in [0.29, 0.717) is 11.0 Å². The van der Waals surface area contributed by atoms with Gasteiger partial charge >= 0.3 is 17.1 Å². The van der Waals surface area contributed by atoms with Gasteiger partial charge in [-0.1, -0.05) is 30.3 Å². The summed E-state index contributed by atoms with van der Waals surface area (Å²) in [6.07, 6.45) is 1.27. The first-order chi connectivity index (χ1) is 5.58. The summed E-state index contributed by atoms with van der Waals surface area (Å²) in [4.78, 5) is 0. The molecule has 0 heterocycles. The summed E-state index contributed by atoms with van der Waals surface area (Å²) in [7, 11) is -4.25. The Morgan fingerprint density at radius 2 is 1.69 bits per heavy atom. The number of hydrogen-bond acceptors (Lipinski definition) is 3. The Morgan fingerprint density at radius 1 is 1.15 bits per heavy atom. The van der Waals surface area contributed by atoms with E-state index in [1.54, 1.807) is 24.3 Å². The zero-order chi connectivity index (χ0) is 9.03. The maximum Gasteiger partial charge on any atom is 1.00 e. The first kappa shape index (κ1) is 12.4. The van der Waals surface area contributed by atoms with E-state index in [0.717, 1.165) is 0 Å². The van der Waals surface area contributed by atoms with Crippen molar-refractivity contribution in [1.29, 1.82) is 0 Å². The monoisotopic (exact) mass is 246 g/mol. The molecule has 1 aromatic rings. The van der Waals surface area contributed by atoms with Crippen molar-refractivity contribution in [2.75, 3.05) is 0 Å². The van der Waals surface area contributed by atoms with Crippen LogP contribution in [0, 0.1) is 0 Å². The third-order valence-electron chi connectivity index (χ3n) is 1.23. The minimum Gasteiger partial charge on any atom is -0.744 e. The van der Waals surface area contributed by atoms with Crippen LogP contribution in [0.1, 0.15) is 5.56 Å². The largest absolute Gasteiger partial charge is 1.00 e. The molecule has 3 nitrogen and oxygen atoms in total. The van der Waals surface area contributed by atoms with Gasteiger partial charge in [0.15, 0.2) is 0 Å². The summed E-state index contributed by atoms with van der Waals surface area (Å²) in [6.45, 7) is 0. The molecule has 0 amide bonds. The average Bonchev–Trinajstić information content (AvgIpc) is 2.02. The zero-order valence-corrected chi connectivity index (χ0v) is 8.23. The van der Waals surface area contributed by atoms with E-state index in [4.69, 9.17) is 0 Å². The third kappa shape index (κ3) is 5.60. The second-order valence-electron chi connectivity index (χ2n) is 2.21. The van der Waals surface area contributed by atoms with Crippen LogP contribution in [-0.4, -0.2) is 13.0 Å². The third-order valence-corrected chi connectivity index (χ3v) is 1.70. The summed E-state index contributed by atoms with van der Waals surface area (Å²) in [5.41, 5.74) is 0.692. The van der Waals surface area contributed by atoms with Gasteiger partial charge in [0.25, 0.3) is 0 Å². The topological polar surface area (TPSA) is 57.2 Å². The van der Waals surface area contributed by atoms with Crippen LogP contribution < -0.4 is 0 Å². The Hall–Kier alpha value is -0.611. The van der Waals surface area contributed by atoms with Gasteiger partial charge in [0.1, 0.15) is 10.1 Å². The zero-order valence-electron chi connectivity index (χ0n) is 6.48. The molecule has 1 rings (SSSR count). The van der Waals surface area contributed by atoms with Crippen molar-refractivity contribution in [3.05, 3.63) is 41.3 Å². The quantitative estimate of drug-likeness (QED) is 0.582. The smallest absolute Gasteiger partial charge is 0.744 e. The number of rotatable bonds is 2. The van der Waals surface area contributed by atoms with Crippen LogP contribution in [0.3, 0.4) is 0 Å². The molecular weight excluding hydrogens is 240 g/mol. The van der Waals surface area contributed by atoms with E-state index in [-0.39, 0.29) is 17.1 Å². The molecule has 74 valence electrons. The fraction of sp³-hybridized carbons (Fsp3) is 0. The second-order valence-corrected chi connectivity index (χ2v) is 3.46. The second kappa shape index (κ2) is 5.19. The molecule has 0 saturated heterocycles. The van der Waals surface area contributed by atoms with Crippen LogP contribution in [0.15, 0.2) is 35.7 Å². The van der Waals surface area contributed by atoms with Crippen molar-refractivity contribution in [1.82, 2.24) is 0 Å². The molecule has 0 bridgehead atoms. The van der Waals surface area contributed by atoms with Crippen molar-refractivity contribution in [3.63, 3.8) is 0 Å². The first-order valence-electron chi connectivity index (χ1n) is 3.27. The molecular formula is C8H7CuO3S. The molecule has 0 aliphatic heterocycles. The van der Waals surface area contributed by atoms with Crippen molar-refractivity contribution in [2.24, 2.45) is 0 Å². The minimum atomic E-state index is -4.25. The van der Waals surface area contributed by atoms with Gasteiger partial charge in [-0.15, -0.1) is 0 Å². The van der Waals surface area contributed by atoms with Gasteiger partial charge in [-0.25, -0.2) is 8.42 Å². The van der Waals surface area contributed by atoms with Gasteiger partial charge < -0.3 is 4.55 Å². The Balaban J connectivity index is 0.00000144. The molecule has 0 aliphatic carbocycles. The minimum absolute atomic E-state index is 0. The summed E-state index contributed by atoms with van der Waals surface area (Å²) >= 11 is 0. The number of benzene rings is 1. The van der Waals surface area contributed by atoms with Crippen molar-refractivity contribution < 1.29 is 30.0 Å². The van der Waals surface area contributed by atoms with E-state index >= 15 is 0 Å².